The van der Waals surface area contributed by atoms with Gasteiger partial charge in [0.1, 0.15) is 0 Å². The van der Waals surface area contributed by atoms with Crippen LogP contribution < -0.4 is 0 Å². The minimum Gasteiger partial charge on any atom is -0.349 e. The highest BCUT2D eigenvalue weighted by molar-refractivity contribution is 5.14. The third kappa shape index (κ3) is 1.52. The van der Waals surface area contributed by atoms with Gasteiger partial charge in [0.2, 0.25) is 0 Å². The lowest BCUT2D eigenvalue weighted by Crippen LogP contribution is -2.35. The first kappa shape index (κ1) is 10.0. The Kier molecular flexibility index (Phi) is 2.09. The second kappa shape index (κ2) is 2.71. The summed E-state index contributed by atoms with van der Waals surface area (Å²) >= 11 is 0. The molecule has 0 amide bonds. The van der Waals surface area contributed by atoms with Crippen molar-refractivity contribution in [2.24, 2.45) is 7.05 Å². The minimum atomic E-state index is -5.54. The first-order valence-corrected chi connectivity index (χ1v) is 3.33. The fraction of sp³-hybridized carbons (Fsp3) is 0.429. The topological polar surface area (TPSA) is 4.93 Å². The van der Waals surface area contributed by atoms with E-state index in [9.17, 15) is 22.0 Å². The van der Waals surface area contributed by atoms with E-state index in [4.69, 9.17) is 0 Å². The number of hydrogen-bond acceptors (Lipinski definition) is 0. The summed E-state index contributed by atoms with van der Waals surface area (Å²) in [5, 5.41) is 0. The van der Waals surface area contributed by atoms with Crippen LogP contribution >= 0.6 is 0 Å². The lowest BCUT2D eigenvalue weighted by atomic mass is 10.2. The third-order valence-electron chi connectivity index (χ3n) is 1.62. The zero-order valence-corrected chi connectivity index (χ0v) is 6.57. The number of aryl methyl sites for hydroxylation is 1. The largest absolute Gasteiger partial charge is 0.459 e. The summed E-state index contributed by atoms with van der Waals surface area (Å²) < 4.78 is 61.4. The highest BCUT2D eigenvalue weighted by Crippen LogP contribution is 2.43. The average Bonchev–Trinajstić information content (AvgIpc) is 2.32. The molecule has 0 spiro atoms. The van der Waals surface area contributed by atoms with E-state index in [0.29, 0.717) is 0 Å². The highest BCUT2D eigenvalue weighted by atomic mass is 19.4. The van der Waals surface area contributed by atoms with Crippen molar-refractivity contribution in [2.45, 2.75) is 12.1 Å². The van der Waals surface area contributed by atoms with Crippen LogP contribution in [0.4, 0.5) is 22.0 Å². The number of alkyl halides is 5. The summed E-state index contributed by atoms with van der Waals surface area (Å²) in [6, 6.07) is 1.88. The Bertz CT molecular complexity index is 298. The van der Waals surface area contributed by atoms with Gasteiger partial charge in [-0.1, -0.05) is 0 Å². The average molecular weight is 199 g/mol. The lowest BCUT2D eigenvalue weighted by molar-refractivity contribution is -0.291. The molecule has 1 aromatic heterocycles. The molecule has 0 N–H and O–H groups in total. The van der Waals surface area contributed by atoms with Gasteiger partial charge in [-0.2, -0.15) is 22.0 Å². The maximum atomic E-state index is 12.6. The van der Waals surface area contributed by atoms with Crippen molar-refractivity contribution < 1.29 is 22.0 Å². The normalized spacial score (nSPS) is 13.4. The molecule has 0 aromatic carbocycles. The first-order valence-electron chi connectivity index (χ1n) is 3.33. The van der Waals surface area contributed by atoms with Gasteiger partial charge < -0.3 is 4.57 Å². The van der Waals surface area contributed by atoms with Gasteiger partial charge >= 0.3 is 12.1 Å². The highest BCUT2D eigenvalue weighted by Gasteiger charge is 2.59. The SMILES string of the molecule is Cn1cccc1C(F)(F)C(F)(F)F. The molecule has 0 radical (unpaired) electrons. The van der Waals surface area contributed by atoms with Crippen LogP contribution in [-0.4, -0.2) is 10.7 Å². The van der Waals surface area contributed by atoms with E-state index >= 15 is 0 Å². The molecule has 1 nitrogen and oxygen atoms in total. The maximum absolute atomic E-state index is 12.6. The molecular formula is C7H6F5N. The summed E-state index contributed by atoms with van der Waals surface area (Å²) in [5.74, 6) is -4.79. The summed E-state index contributed by atoms with van der Waals surface area (Å²) in [6.45, 7) is 0. The number of nitrogens with zero attached hydrogens (tertiary/aromatic N) is 1. The van der Waals surface area contributed by atoms with E-state index in [0.717, 1.165) is 29.9 Å². The fourth-order valence-electron chi connectivity index (χ4n) is 0.933. The number of aromatic nitrogens is 1. The van der Waals surface area contributed by atoms with Gasteiger partial charge in [-0.25, -0.2) is 0 Å². The molecule has 1 heterocycles. The Hall–Kier alpha value is -1.07. The zero-order valence-electron chi connectivity index (χ0n) is 6.57. The van der Waals surface area contributed by atoms with Crippen LogP contribution in [0.1, 0.15) is 5.69 Å². The van der Waals surface area contributed by atoms with Crippen LogP contribution in [0, 0.1) is 0 Å². The van der Waals surface area contributed by atoms with Crippen LogP contribution in [0.25, 0.3) is 0 Å². The molecule has 0 saturated carbocycles. The summed E-state index contributed by atoms with van der Waals surface area (Å²) in [6.07, 6.45) is -4.41. The van der Waals surface area contributed by atoms with E-state index in [1.54, 1.807) is 0 Å². The van der Waals surface area contributed by atoms with Crippen molar-refractivity contribution in [3.63, 3.8) is 0 Å². The zero-order chi connectivity index (χ0) is 10.3. The molecule has 13 heavy (non-hydrogen) atoms. The molecular weight excluding hydrogens is 193 g/mol. The molecule has 6 heteroatoms. The van der Waals surface area contributed by atoms with Crippen molar-refractivity contribution in [3.8, 4) is 0 Å². The molecule has 0 atom stereocenters. The monoisotopic (exact) mass is 199 g/mol. The van der Waals surface area contributed by atoms with E-state index in [-0.39, 0.29) is 0 Å². The molecule has 1 aromatic rings. The first-order chi connectivity index (χ1) is 5.77. The lowest BCUT2D eigenvalue weighted by Gasteiger charge is -2.19. The quantitative estimate of drug-likeness (QED) is 0.613. The van der Waals surface area contributed by atoms with Gasteiger partial charge in [0, 0.05) is 13.2 Å². The van der Waals surface area contributed by atoms with Gasteiger partial charge in [0.05, 0.1) is 5.69 Å². The van der Waals surface area contributed by atoms with Crippen LogP contribution in [-0.2, 0) is 13.0 Å². The van der Waals surface area contributed by atoms with Crippen molar-refractivity contribution >= 4 is 0 Å². The number of halogens is 5. The molecule has 0 aliphatic carbocycles. The number of hydrogen-bond donors (Lipinski definition) is 0. The van der Waals surface area contributed by atoms with Crippen molar-refractivity contribution in [3.05, 3.63) is 24.0 Å². The molecule has 0 unspecified atom stereocenters. The van der Waals surface area contributed by atoms with E-state index < -0.39 is 17.8 Å². The summed E-state index contributed by atoms with van der Waals surface area (Å²) in [5.41, 5.74) is -1.06. The summed E-state index contributed by atoms with van der Waals surface area (Å²) in [7, 11) is 1.13. The molecule has 0 aliphatic heterocycles. The predicted molar refractivity (Wildman–Crippen MR) is 35.4 cm³/mol. The van der Waals surface area contributed by atoms with Gasteiger partial charge in [0.25, 0.3) is 0 Å². The van der Waals surface area contributed by atoms with Crippen LogP contribution in [0.15, 0.2) is 18.3 Å². The maximum Gasteiger partial charge on any atom is 0.459 e. The standard InChI is InChI=1S/C7H6F5N/c1-13-4-2-3-5(13)6(8,9)7(10,11)12/h2-4H,1H3. The van der Waals surface area contributed by atoms with Gasteiger partial charge in [-0.05, 0) is 12.1 Å². The Balaban J connectivity index is 3.15. The van der Waals surface area contributed by atoms with Crippen LogP contribution in [0.5, 0.6) is 0 Å². The summed E-state index contributed by atoms with van der Waals surface area (Å²) in [4.78, 5) is 0. The molecule has 0 aliphatic rings. The van der Waals surface area contributed by atoms with Gasteiger partial charge in [0.15, 0.2) is 0 Å². The van der Waals surface area contributed by atoms with Crippen LogP contribution in [0.2, 0.25) is 0 Å². The second-order valence-electron chi connectivity index (χ2n) is 2.58. The Labute approximate surface area is 70.8 Å². The van der Waals surface area contributed by atoms with E-state index in [1.807, 2.05) is 0 Å². The van der Waals surface area contributed by atoms with Gasteiger partial charge in [-0.3, -0.25) is 0 Å². The molecule has 74 valence electrons. The minimum absolute atomic E-state index is 0.744. The Morgan fingerprint density at radius 2 is 1.69 bits per heavy atom. The second-order valence-corrected chi connectivity index (χ2v) is 2.58. The van der Waals surface area contributed by atoms with Gasteiger partial charge in [-0.15, -0.1) is 0 Å². The van der Waals surface area contributed by atoms with E-state index in [1.165, 1.54) is 0 Å². The smallest absolute Gasteiger partial charge is 0.349 e. The van der Waals surface area contributed by atoms with Crippen molar-refractivity contribution in [2.75, 3.05) is 0 Å². The fourth-order valence-corrected chi connectivity index (χ4v) is 0.933. The number of rotatable bonds is 1. The molecule has 0 bridgehead atoms. The Morgan fingerprint density at radius 3 is 2.00 bits per heavy atom. The third-order valence-corrected chi connectivity index (χ3v) is 1.62. The van der Waals surface area contributed by atoms with Crippen molar-refractivity contribution in [1.82, 2.24) is 4.57 Å². The molecule has 0 saturated heterocycles. The molecule has 1 rings (SSSR count). The Morgan fingerprint density at radius 1 is 1.15 bits per heavy atom. The van der Waals surface area contributed by atoms with E-state index in [2.05, 4.69) is 0 Å². The van der Waals surface area contributed by atoms with Crippen molar-refractivity contribution in [1.29, 1.82) is 0 Å². The molecule has 0 fully saturated rings. The van der Waals surface area contributed by atoms with Crippen LogP contribution in [0.3, 0.4) is 0 Å². The predicted octanol–water partition coefficient (Wildman–Crippen LogP) is 2.68.